The van der Waals surface area contributed by atoms with E-state index < -0.39 is 16.4 Å². The molecule has 1 aromatic heterocycles. The van der Waals surface area contributed by atoms with Gasteiger partial charge in [0.05, 0.1) is 17.9 Å². The topological polar surface area (TPSA) is 61.2 Å². The SMILES string of the molecule is COc1cc(S(=O)c2ccccc2)c(=O)n(C)n1. The summed E-state index contributed by atoms with van der Waals surface area (Å²) in [6, 6.07) is 10.2. The van der Waals surface area contributed by atoms with Gasteiger partial charge in [0.15, 0.2) is 0 Å². The molecule has 0 bridgehead atoms. The maximum atomic E-state index is 12.3. The van der Waals surface area contributed by atoms with Gasteiger partial charge >= 0.3 is 0 Å². The van der Waals surface area contributed by atoms with E-state index in [2.05, 4.69) is 5.10 Å². The van der Waals surface area contributed by atoms with Crippen LogP contribution in [-0.2, 0) is 17.8 Å². The van der Waals surface area contributed by atoms with Gasteiger partial charge in [-0.2, -0.15) is 0 Å². The van der Waals surface area contributed by atoms with E-state index in [4.69, 9.17) is 4.74 Å². The lowest BCUT2D eigenvalue weighted by molar-refractivity contribution is 0.379. The molecular weight excluding hydrogens is 252 g/mol. The molecule has 0 aliphatic heterocycles. The zero-order valence-electron chi connectivity index (χ0n) is 9.99. The summed E-state index contributed by atoms with van der Waals surface area (Å²) in [5, 5.41) is 3.88. The van der Waals surface area contributed by atoms with E-state index in [0.717, 1.165) is 4.68 Å². The van der Waals surface area contributed by atoms with Crippen LogP contribution < -0.4 is 10.3 Å². The Morgan fingerprint density at radius 3 is 2.56 bits per heavy atom. The normalized spacial score (nSPS) is 12.1. The van der Waals surface area contributed by atoms with Gasteiger partial charge in [0.25, 0.3) is 5.56 Å². The molecule has 0 spiro atoms. The number of ether oxygens (including phenoxy) is 1. The van der Waals surface area contributed by atoms with E-state index in [9.17, 15) is 9.00 Å². The smallest absolute Gasteiger partial charge is 0.283 e. The molecule has 2 aromatic rings. The van der Waals surface area contributed by atoms with Gasteiger partial charge in [0.1, 0.15) is 4.90 Å². The zero-order chi connectivity index (χ0) is 13.1. The fourth-order valence-electron chi connectivity index (χ4n) is 1.46. The molecule has 94 valence electrons. The molecule has 1 heterocycles. The molecule has 0 saturated carbocycles. The van der Waals surface area contributed by atoms with Gasteiger partial charge in [-0.1, -0.05) is 18.2 Å². The van der Waals surface area contributed by atoms with Crippen molar-refractivity contribution in [3.63, 3.8) is 0 Å². The number of methoxy groups -OCH3 is 1. The molecule has 0 fully saturated rings. The van der Waals surface area contributed by atoms with Gasteiger partial charge in [-0.25, -0.2) is 8.89 Å². The number of nitrogens with zero attached hydrogens (tertiary/aromatic N) is 2. The molecule has 1 aromatic carbocycles. The largest absolute Gasteiger partial charge is 0.480 e. The third kappa shape index (κ3) is 2.33. The molecule has 18 heavy (non-hydrogen) atoms. The van der Waals surface area contributed by atoms with Crippen molar-refractivity contribution < 1.29 is 8.95 Å². The van der Waals surface area contributed by atoms with Crippen molar-refractivity contribution in [1.29, 1.82) is 0 Å². The first-order valence-electron chi connectivity index (χ1n) is 5.22. The van der Waals surface area contributed by atoms with Crippen LogP contribution >= 0.6 is 0 Å². The van der Waals surface area contributed by atoms with Crippen LogP contribution in [-0.4, -0.2) is 21.1 Å². The summed E-state index contributed by atoms with van der Waals surface area (Å²) >= 11 is 0. The molecule has 2 rings (SSSR count). The summed E-state index contributed by atoms with van der Waals surface area (Å²) in [7, 11) is 1.41. The molecule has 5 nitrogen and oxygen atoms in total. The van der Waals surface area contributed by atoms with Crippen LogP contribution in [0.2, 0.25) is 0 Å². The van der Waals surface area contributed by atoms with E-state index in [1.54, 1.807) is 24.3 Å². The van der Waals surface area contributed by atoms with Gasteiger partial charge in [0.2, 0.25) is 5.88 Å². The lowest BCUT2D eigenvalue weighted by Gasteiger charge is -2.06. The first kappa shape index (κ1) is 12.5. The minimum Gasteiger partial charge on any atom is -0.480 e. The van der Waals surface area contributed by atoms with Gasteiger partial charge < -0.3 is 4.74 Å². The maximum absolute atomic E-state index is 12.3. The average molecular weight is 264 g/mol. The molecule has 0 N–H and O–H groups in total. The van der Waals surface area contributed by atoms with Crippen molar-refractivity contribution in [3.05, 3.63) is 46.8 Å². The molecule has 1 unspecified atom stereocenters. The Morgan fingerprint density at radius 2 is 1.94 bits per heavy atom. The molecule has 0 aliphatic rings. The van der Waals surface area contributed by atoms with Gasteiger partial charge in [0, 0.05) is 18.0 Å². The predicted molar refractivity (Wildman–Crippen MR) is 67.1 cm³/mol. The monoisotopic (exact) mass is 264 g/mol. The van der Waals surface area contributed by atoms with Crippen LogP contribution in [0, 0.1) is 0 Å². The Morgan fingerprint density at radius 1 is 1.28 bits per heavy atom. The summed E-state index contributed by atoms with van der Waals surface area (Å²) < 4.78 is 18.4. The Hall–Kier alpha value is -1.95. The molecular formula is C12H12N2O3S. The van der Waals surface area contributed by atoms with E-state index in [0.29, 0.717) is 4.90 Å². The number of rotatable bonds is 3. The quantitative estimate of drug-likeness (QED) is 0.828. The first-order valence-corrected chi connectivity index (χ1v) is 6.37. The Balaban J connectivity index is 2.55. The van der Waals surface area contributed by atoms with E-state index in [-0.39, 0.29) is 10.8 Å². The maximum Gasteiger partial charge on any atom is 0.283 e. The first-order chi connectivity index (χ1) is 8.63. The highest BCUT2D eigenvalue weighted by atomic mass is 32.2. The van der Waals surface area contributed by atoms with E-state index in [1.165, 1.54) is 20.2 Å². The Bertz CT molecular complexity index is 638. The highest BCUT2D eigenvalue weighted by Gasteiger charge is 2.14. The number of hydrogen-bond donors (Lipinski definition) is 0. The summed E-state index contributed by atoms with van der Waals surface area (Å²) in [6.45, 7) is 0. The average Bonchev–Trinajstić information content (AvgIpc) is 2.42. The van der Waals surface area contributed by atoms with Crippen molar-refractivity contribution >= 4 is 10.8 Å². The fourth-order valence-corrected chi connectivity index (χ4v) is 2.62. The summed E-state index contributed by atoms with van der Waals surface area (Å²) in [5.74, 6) is 0.261. The van der Waals surface area contributed by atoms with Crippen LogP contribution in [0.3, 0.4) is 0 Å². The molecule has 0 aliphatic carbocycles. The number of hydrogen-bond acceptors (Lipinski definition) is 4. The zero-order valence-corrected chi connectivity index (χ0v) is 10.8. The molecule has 0 saturated heterocycles. The van der Waals surface area contributed by atoms with E-state index >= 15 is 0 Å². The summed E-state index contributed by atoms with van der Waals surface area (Å²) in [6.07, 6.45) is 0. The highest BCUT2D eigenvalue weighted by molar-refractivity contribution is 7.85. The molecule has 0 amide bonds. The van der Waals surface area contributed by atoms with Crippen molar-refractivity contribution in [2.24, 2.45) is 7.05 Å². The lowest BCUT2D eigenvalue weighted by Crippen LogP contribution is -2.24. The van der Waals surface area contributed by atoms with Crippen LogP contribution in [0.25, 0.3) is 0 Å². The third-order valence-corrected chi connectivity index (χ3v) is 3.77. The minimum absolute atomic E-state index is 0.163. The van der Waals surface area contributed by atoms with Crippen molar-refractivity contribution in [1.82, 2.24) is 9.78 Å². The van der Waals surface area contributed by atoms with Crippen LogP contribution in [0.5, 0.6) is 5.88 Å². The van der Waals surface area contributed by atoms with Crippen molar-refractivity contribution in [3.8, 4) is 5.88 Å². The number of benzene rings is 1. The Labute approximate surface area is 106 Å². The second-order valence-electron chi connectivity index (χ2n) is 3.56. The summed E-state index contributed by atoms with van der Waals surface area (Å²) in [5.41, 5.74) is -0.391. The Kier molecular flexibility index (Phi) is 3.57. The predicted octanol–water partition coefficient (Wildman–Crippen LogP) is 0.956. The van der Waals surface area contributed by atoms with Crippen molar-refractivity contribution in [2.45, 2.75) is 9.79 Å². The number of aryl methyl sites for hydroxylation is 1. The molecule has 6 heteroatoms. The van der Waals surface area contributed by atoms with Gasteiger partial charge in [-0.3, -0.25) is 4.79 Å². The fraction of sp³-hybridized carbons (Fsp3) is 0.167. The van der Waals surface area contributed by atoms with Crippen molar-refractivity contribution in [2.75, 3.05) is 7.11 Å². The molecule has 1 atom stereocenters. The second-order valence-corrected chi connectivity index (χ2v) is 5.01. The second kappa shape index (κ2) is 5.14. The standard InChI is InChI=1S/C12H12N2O3S/c1-14-12(15)10(8-11(13-14)17-2)18(16)9-6-4-3-5-7-9/h3-8H,1-2H3. The van der Waals surface area contributed by atoms with Gasteiger partial charge in [-0.05, 0) is 12.1 Å². The number of aromatic nitrogens is 2. The summed E-state index contributed by atoms with van der Waals surface area (Å²) in [4.78, 5) is 12.6. The third-order valence-electron chi connectivity index (χ3n) is 2.37. The van der Waals surface area contributed by atoms with E-state index in [1.807, 2.05) is 6.07 Å². The minimum atomic E-state index is -1.53. The van der Waals surface area contributed by atoms with Crippen LogP contribution in [0.4, 0.5) is 0 Å². The lowest BCUT2D eigenvalue weighted by atomic mass is 10.4. The van der Waals surface area contributed by atoms with Crippen LogP contribution in [0.1, 0.15) is 0 Å². The van der Waals surface area contributed by atoms with Gasteiger partial charge in [-0.15, -0.1) is 5.10 Å². The van der Waals surface area contributed by atoms with Crippen LogP contribution in [0.15, 0.2) is 51.0 Å². The molecule has 0 radical (unpaired) electrons. The highest BCUT2D eigenvalue weighted by Crippen LogP contribution is 2.15.